The van der Waals surface area contributed by atoms with Gasteiger partial charge in [0.05, 0.1) is 11.2 Å². The lowest BCUT2D eigenvalue weighted by Crippen LogP contribution is -2.41. The molecule has 2 aliphatic carbocycles. The first-order valence-corrected chi connectivity index (χ1v) is 5.94. The molecule has 2 aliphatic rings. The molecule has 0 heterocycles. The first-order chi connectivity index (χ1) is 6.99. The highest BCUT2D eigenvalue weighted by atomic mass is 16.5. The molecule has 1 saturated carbocycles. The van der Waals surface area contributed by atoms with Crippen molar-refractivity contribution in [2.45, 2.75) is 50.7 Å². The smallest absolute Gasteiger partial charge is 0.0688 e. The molecule has 4 atom stereocenters. The number of ether oxygens (including phenoxy) is 1. The lowest BCUT2D eigenvalue weighted by molar-refractivity contribution is -0.0707. The summed E-state index contributed by atoms with van der Waals surface area (Å²) in [6.45, 7) is 4.16. The van der Waals surface area contributed by atoms with Crippen molar-refractivity contribution in [3.05, 3.63) is 12.2 Å². The van der Waals surface area contributed by atoms with Crippen LogP contribution in [0.5, 0.6) is 0 Å². The van der Waals surface area contributed by atoms with Gasteiger partial charge in [0.25, 0.3) is 0 Å². The molecule has 0 bridgehead atoms. The van der Waals surface area contributed by atoms with Gasteiger partial charge in [-0.25, -0.2) is 0 Å². The maximum absolute atomic E-state index is 10.3. The predicted molar refractivity (Wildman–Crippen MR) is 60.6 cm³/mol. The van der Waals surface area contributed by atoms with Gasteiger partial charge in [-0.05, 0) is 45.4 Å². The van der Waals surface area contributed by atoms with E-state index in [1.54, 1.807) is 7.11 Å². The summed E-state index contributed by atoms with van der Waals surface area (Å²) in [7, 11) is 1.80. The molecule has 0 aromatic heterocycles. The van der Waals surface area contributed by atoms with Gasteiger partial charge in [0, 0.05) is 13.0 Å². The third-order valence-corrected chi connectivity index (χ3v) is 4.51. The molecule has 0 radical (unpaired) electrons. The molecule has 0 unspecified atom stereocenters. The van der Waals surface area contributed by atoms with E-state index in [1.807, 2.05) is 6.92 Å². The number of hydrogen-bond acceptors (Lipinski definition) is 2. The van der Waals surface area contributed by atoms with Crippen molar-refractivity contribution in [3.63, 3.8) is 0 Å². The van der Waals surface area contributed by atoms with Crippen molar-refractivity contribution >= 4 is 0 Å². The van der Waals surface area contributed by atoms with E-state index in [4.69, 9.17) is 4.74 Å². The van der Waals surface area contributed by atoms with Crippen LogP contribution in [0, 0.1) is 11.8 Å². The van der Waals surface area contributed by atoms with Crippen LogP contribution < -0.4 is 0 Å². The Morgan fingerprint density at radius 2 is 2.07 bits per heavy atom. The van der Waals surface area contributed by atoms with Crippen LogP contribution in [-0.2, 0) is 4.74 Å². The highest BCUT2D eigenvalue weighted by Crippen LogP contribution is 2.49. The van der Waals surface area contributed by atoms with E-state index in [0.717, 1.165) is 25.7 Å². The molecule has 0 amide bonds. The molecule has 2 rings (SSSR count). The Hall–Kier alpha value is -0.340. The first-order valence-electron chi connectivity index (χ1n) is 5.94. The Kier molecular flexibility index (Phi) is 2.68. The summed E-state index contributed by atoms with van der Waals surface area (Å²) in [4.78, 5) is 0. The fourth-order valence-corrected chi connectivity index (χ4v) is 3.31. The second-order valence-electron chi connectivity index (χ2n) is 5.51. The number of fused-ring (bicyclic) bond motifs is 1. The van der Waals surface area contributed by atoms with E-state index < -0.39 is 5.60 Å². The molecule has 0 saturated heterocycles. The van der Waals surface area contributed by atoms with Crippen LogP contribution in [-0.4, -0.2) is 23.4 Å². The fraction of sp³-hybridized carbons (Fsp3) is 0.846. The summed E-state index contributed by atoms with van der Waals surface area (Å²) in [5, 5.41) is 10.3. The quantitative estimate of drug-likeness (QED) is 0.674. The summed E-state index contributed by atoms with van der Waals surface area (Å²) in [5.41, 5.74) is -0.597. The zero-order valence-corrected chi connectivity index (χ0v) is 9.99. The normalized spacial score (nSPS) is 50.1. The second kappa shape index (κ2) is 3.60. The minimum Gasteiger partial charge on any atom is -0.390 e. The van der Waals surface area contributed by atoms with Crippen molar-refractivity contribution in [1.29, 1.82) is 0 Å². The van der Waals surface area contributed by atoms with Gasteiger partial charge < -0.3 is 9.84 Å². The van der Waals surface area contributed by atoms with Crippen LogP contribution in [0.3, 0.4) is 0 Å². The minimum atomic E-state index is -0.536. The van der Waals surface area contributed by atoms with Crippen LogP contribution in [0.1, 0.15) is 39.5 Å². The third kappa shape index (κ3) is 1.74. The highest BCUT2D eigenvalue weighted by molar-refractivity contribution is 5.12. The Morgan fingerprint density at radius 3 is 2.73 bits per heavy atom. The lowest BCUT2D eigenvalue weighted by atomic mass is 9.77. The van der Waals surface area contributed by atoms with Gasteiger partial charge >= 0.3 is 0 Å². The maximum atomic E-state index is 10.3. The van der Waals surface area contributed by atoms with Crippen LogP contribution in [0.25, 0.3) is 0 Å². The number of rotatable bonds is 1. The van der Waals surface area contributed by atoms with Crippen LogP contribution >= 0.6 is 0 Å². The third-order valence-electron chi connectivity index (χ3n) is 4.51. The van der Waals surface area contributed by atoms with Crippen molar-refractivity contribution in [2.24, 2.45) is 11.8 Å². The van der Waals surface area contributed by atoms with Crippen LogP contribution in [0.15, 0.2) is 12.2 Å². The SMILES string of the molecule is CO[C@@]1(C)CCC=C[C@@H]2[C@H]1CC[C@]2(C)O. The van der Waals surface area contributed by atoms with E-state index in [2.05, 4.69) is 19.1 Å². The van der Waals surface area contributed by atoms with Crippen molar-refractivity contribution < 1.29 is 9.84 Å². The van der Waals surface area contributed by atoms with E-state index in [9.17, 15) is 5.11 Å². The summed E-state index contributed by atoms with van der Waals surface area (Å²) in [6, 6.07) is 0. The van der Waals surface area contributed by atoms with E-state index in [0.29, 0.717) is 5.92 Å². The molecule has 1 fully saturated rings. The fourth-order valence-electron chi connectivity index (χ4n) is 3.31. The average molecular weight is 210 g/mol. The zero-order chi connectivity index (χ0) is 11.1. The monoisotopic (exact) mass is 210 g/mol. The molecule has 0 spiro atoms. The Bertz CT molecular complexity index is 270. The molecular weight excluding hydrogens is 188 g/mol. The second-order valence-corrected chi connectivity index (χ2v) is 5.51. The highest BCUT2D eigenvalue weighted by Gasteiger charge is 2.50. The van der Waals surface area contributed by atoms with Gasteiger partial charge in [0.2, 0.25) is 0 Å². The van der Waals surface area contributed by atoms with Crippen molar-refractivity contribution in [3.8, 4) is 0 Å². The molecule has 2 heteroatoms. The Morgan fingerprint density at radius 1 is 1.33 bits per heavy atom. The molecular formula is C13H22O2. The van der Waals surface area contributed by atoms with Gasteiger partial charge in [-0.15, -0.1) is 0 Å². The summed E-state index contributed by atoms with van der Waals surface area (Å²) in [6.07, 6.45) is 8.52. The Labute approximate surface area is 92.3 Å². The molecule has 0 aliphatic heterocycles. The number of hydrogen-bond donors (Lipinski definition) is 1. The van der Waals surface area contributed by atoms with Gasteiger partial charge in [-0.2, -0.15) is 0 Å². The van der Waals surface area contributed by atoms with Gasteiger partial charge in [0.1, 0.15) is 0 Å². The van der Waals surface area contributed by atoms with Gasteiger partial charge in [0.15, 0.2) is 0 Å². The number of allylic oxidation sites excluding steroid dienone is 1. The molecule has 15 heavy (non-hydrogen) atoms. The predicted octanol–water partition coefficient (Wildman–Crippen LogP) is 2.52. The lowest BCUT2D eigenvalue weighted by Gasteiger charge is -2.37. The van der Waals surface area contributed by atoms with Crippen LogP contribution in [0.2, 0.25) is 0 Å². The van der Waals surface area contributed by atoms with Gasteiger partial charge in [-0.3, -0.25) is 0 Å². The largest absolute Gasteiger partial charge is 0.390 e. The summed E-state index contributed by atoms with van der Waals surface area (Å²) in [5.74, 6) is 0.737. The summed E-state index contributed by atoms with van der Waals surface area (Å²) < 4.78 is 5.71. The molecule has 1 N–H and O–H groups in total. The number of methoxy groups -OCH3 is 1. The molecule has 2 nitrogen and oxygen atoms in total. The molecule has 0 aromatic rings. The molecule has 86 valence electrons. The van der Waals surface area contributed by atoms with Gasteiger partial charge in [-0.1, -0.05) is 12.2 Å². The van der Waals surface area contributed by atoms with E-state index in [-0.39, 0.29) is 11.5 Å². The topological polar surface area (TPSA) is 29.5 Å². The van der Waals surface area contributed by atoms with E-state index in [1.165, 1.54) is 0 Å². The number of aliphatic hydroxyl groups is 1. The molecule has 0 aromatic carbocycles. The van der Waals surface area contributed by atoms with E-state index >= 15 is 0 Å². The first kappa shape index (κ1) is 11.2. The van der Waals surface area contributed by atoms with Crippen LogP contribution in [0.4, 0.5) is 0 Å². The Balaban J connectivity index is 2.31. The average Bonchev–Trinajstić information content (AvgIpc) is 2.40. The van der Waals surface area contributed by atoms with Crippen molar-refractivity contribution in [1.82, 2.24) is 0 Å². The zero-order valence-electron chi connectivity index (χ0n) is 9.99. The summed E-state index contributed by atoms with van der Waals surface area (Å²) >= 11 is 0. The van der Waals surface area contributed by atoms with Crippen molar-refractivity contribution in [2.75, 3.05) is 7.11 Å². The standard InChI is InChI=1S/C13H22O2/c1-12(14)9-7-11-10(12)6-4-5-8-13(11,2)15-3/h4,6,10-11,14H,5,7-9H2,1-3H3/t10-,11-,12+,13+/m1/s1. The maximum Gasteiger partial charge on any atom is 0.0688 e. The minimum absolute atomic E-state index is 0.0609.